The van der Waals surface area contributed by atoms with Crippen molar-refractivity contribution in [3.63, 3.8) is 0 Å². The quantitative estimate of drug-likeness (QED) is 0.670. The Bertz CT molecular complexity index is 474. The number of methoxy groups -OCH3 is 1. The van der Waals surface area contributed by atoms with E-state index in [0.717, 1.165) is 0 Å². The molecule has 6 nitrogen and oxygen atoms in total. The van der Waals surface area contributed by atoms with Gasteiger partial charge in [-0.05, 0) is 18.6 Å². The van der Waals surface area contributed by atoms with E-state index >= 15 is 0 Å². The first-order valence-corrected chi connectivity index (χ1v) is 5.94. The Morgan fingerprint density at radius 1 is 1.47 bits per heavy atom. The number of hydrogen-bond donors (Lipinski definition) is 3. The molecule has 1 aromatic carbocycles. The number of rotatable bonds is 6. The number of aliphatic carboxylic acids is 1. The molecule has 0 aliphatic heterocycles. The molecule has 1 unspecified atom stereocenters. The third-order valence-corrected chi connectivity index (χ3v) is 2.85. The van der Waals surface area contributed by atoms with Gasteiger partial charge in [-0.3, -0.25) is 9.59 Å². The van der Waals surface area contributed by atoms with Gasteiger partial charge in [-0.1, -0.05) is 6.92 Å². The zero-order valence-electron chi connectivity index (χ0n) is 11.0. The van der Waals surface area contributed by atoms with Crippen molar-refractivity contribution in [3.05, 3.63) is 23.8 Å². The highest BCUT2D eigenvalue weighted by atomic mass is 16.5. The number of carbonyl (C=O) groups excluding carboxylic acids is 1. The predicted octanol–water partition coefficient (Wildman–Crippen LogP) is 1.12. The fourth-order valence-corrected chi connectivity index (χ4v) is 1.59. The van der Waals surface area contributed by atoms with Crippen LogP contribution < -0.4 is 15.8 Å². The van der Waals surface area contributed by atoms with Crippen LogP contribution in [0.25, 0.3) is 0 Å². The normalized spacial score (nSPS) is 11.7. The topological polar surface area (TPSA) is 102 Å². The number of carboxylic acid groups (broad SMARTS) is 1. The Morgan fingerprint density at radius 2 is 2.16 bits per heavy atom. The number of amides is 1. The first-order chi connectivity index (χ1) is 8.99. The molecule has 0 fully saturated rings. The van der Waals surface area contributed by atoms with E-state index in [-0.39, 0.29) is 12.5 Å². The first-order valence-electron chi connectivity index (χ1n) is 5.94. The molecule has 0 aliphatic carbocycles. The summed E-state index contributed by atoms with van der Waals surface area (Å²) in [5.74, 6) is -1.35. The van der Waals surface area contributed by atoms with Crippen molar-refractivity contribution in [2.45, 2.75) is 13.3 Å². The number of carboxylic acids is 1. The summed E-state index contributed by atoms with van der Waals surface area (Å²) in [6.07, 6.45) is 0.452. The van der Waals surface area contributed by atoms with Crippen molar-refractivity contribution in [1.29, 1.82) is 0 Å². The summed E-state index contributed by atoms with van der Waals surface area (Å²) in [6.45, 7) is 1.84. The van der Waals surface area contributed by atoms with E-state index in [9.17, 15) is 9.59 Å². The molecule has 0 saturated heterocycles. The molecule has 0 radical (unpaired) electrons. The Morgan fingerprint density at radius 3 is 2.63 bits per heavy atom. The molecule has 0 aliphatic rings. The fourth-order valence-electron chi connectivity index (χ4n) is 1.59. The molecule has 0 spiro atoms. The van der Waals surface area contributed by atoms with E-state index in [1.807, 2.05) is 0 Å². The van der Waals surface area contributed by atoms with E-state index < -0.39 is 11.9 Å². The summed E-state index contributed by atoms with van der Waals surface area (Å²) >= 11 is 0. The zero-order chi connectivity index (χ0) is 14.4. The highest BCUT2D eigenvalue weighted by molar-refractivity contribution is 5.99. The largest absolute Gasteiger partial charge is 0.497 e. The number of nitrogens with two attached hydrogens (primary N) is 1. The third-order valence-electron chi connectivity index (χ3n) is 2.85. The van der Waals surface area contributed by atoms with Gasteiger partial charge in [0.25, 0.3) is 5.91 Å². The smallest absolute Gasteiger partial charge is 0.308 e. The van der Waals surface area contributed by atoms with Crippen LogP contribution in [0, 0.1) is 5.92 Å². The van der Waals surface area contributed by atoms with E-state index in [1.54, 1.807) is 25.1 Å². The van der Waals surface area contributed by atoms with Gasteiger partial charge in [0.2, 0.25) is 0 Å². The second-order valence-electron chi connectivity index (χ2n) is 4.11. The van der Waals surface area contributed by atoms with Gasteiger partial charge in [0.05, 0.1) is 18.6 Å². The summed E-state index contributed by atoms with van der Waals surface area (Å²) in [6, 6.07) is 4.72. The molecule has 19 heavy (non-hydrogen) atoms. The average Bonchev–Trinajstić information content (AvgIpc) is 2.38. The first kappa shape index (κ1) is 14.8. The van der Waals surface area contributed by atoms with Crippen molar-refractivity contribution in [2.75, 3.05) is 19.4 Å². The molecule has 104 valence electrons. The summed E-state index contributed by atoms with van der Waals surface area (Å²) in [5.41, 5.74) is 6.34. The van der Waals surface area contributed by atoms with Gasteiger partial charge in [-0.15, -0.1) is 0 Å². The minimum Gasteiger partial charge on any atom is -0.497 e. The van der Waals surface area contributed by atoms with Crippen molar-refractivity contribution in [3.8, 4) is 5.75 Å². The highest BCUT2D eigenvalue weighted by Crippen LogP contribution is 2.19. The van der Waals surface area contributed by atoms with E-state index in [2.05, 4.69) is 5.32 Å². The van der Waals surface area contributed by atoms with Crippen LogP contribution in [-0.4, -0.2) is 30.6 Å². The molecule has 1 atom stereocenters. The predicted molar refractivity (Wildman–Crippen MR) is 71.2 cm³/mol. The van der Waals surface area contributed by atoms with Crippen molar-refractivity contribution >= 4 is 17.6 Å². The molecule has 4 N–H and O–H groups in total. The standard InChI is InChI=1S/C13H18N2O4/c1-3-8(13(17)18)7-15-12(16)10-5-4-9(19-2)6-11(10)14/h4-6,8H,3,7,14H2,1-2H3,(H,15,16)(H,17,18). The van der Waals surface area contributed by atoms with Gasteiger partial charge in [-0.25, -0.2) is 0 Å². The lowest BCUT2D eigenvalue weighted by Gasteiger charge is -2.12. The van der Waals surface area contributed by atoms with Gasteiger partial charge in [0, 0.05) is 18.3 Å². The number of benzene rings is 1. The monoisotopic (exact) mass is 266 g/mol. The summed E-state index contributed by atoms with van der Waals surface area (Å²) in [4.78, 5) is 22.7. The average molecular weight is 266 g/mol. The molecule has 1 amide bonds. The van der Waals surface area contributed by atoms with E-state index in [1.165, 1.54) is 7.11 Å². The number of hydrogen-bond acceptors (Lipinski definition) is 4. The lowest BCUT2D eigenvalue weighted by molar-refractivity contribution is -0.141. The van der Waals surface area contributed by atoms with Crippen LogP contribution in [0.1, 0.15) is 23.7 Å². The minimum atomic E-state index is -0.925. The van der Waals surface area contributed by atoms with Crippen LogP contribution in [0.4, 0.5) is 5.69 Å². The van der Waals surface area contributed by atoms with Crippen LogP contribution in [0.2, 0.25) is 0 Å². The maximum atomic E-state index is 11.9. The van der Waals surface area contributed by atoms with Gasteiger partial charge in [0.1, 0.15) is 5.75 Å². The summed E-state index contributed by atoms with van der Waals surface area (Å²) in [7, 11) is 1.51. The molecule has 1 rings (SSSR count). The summed E-state index contributed by atoms with van der Waals surface area (Å²) in [5, 5.41) is 11.5. The number of carbonyl (C=O) groups is 2. The van der Waals surface area contributed by atoms with Crippen LogP contribution >= 0.6 is 0 Å². The SMILES string of the molecule is CCC(CNC(=O)c1ccc(OC)cc1N)C(=O)O. The number of nitrogens with one attached hydrogen (secondary N) is 1. The molecule has 0 aromatic heterocycles. The van der Waals surface area contributed by atoms with Crippen molar-refractivity contribution in [1.82, 2.24) is 5.32 Å². The second kappa shape index (κ2) is 6.63. The summed E-state index contributed by atoms with van der Waals surface area (Å²) < 4.78 is 4.99. The van der Waals surface area contributed by atoms with E-state index in [4.69, 9.17) is 15.6 Å². The number of ether oxygens (including phenoxy) is 1. The Labute approximate surface area is 111 Å². The Hall–Kier alpha value is -2.24. The Kier molecular flexibility index (Phi) is 5.17. The maximum Gasteiger partial charge on any atom is 0.308 e. The molecule has 0 heterocycles. The fraction of sp³-hybridized carbons (Fsp3) is 0.385. The zero-order valence-corrected chi connectivity index (χ0v) is 11.0. The van der Waals surface area contributed by atoms with Gasteiger partial charge in [-0.2, -0.15) is 0 Å². The van der Waals surface area contributed by atoms with Crippen LogP contribution in [0.15, 0.2) is 18.2 Å². The third kappa shape index (κ3) is 3.87. The van der Waals surface area contributed by atoms with Gasteiger partial charge >= 0.3 is 5.97 Å². The highest BCUT2D eigenvalue weighted by Gasteiger charge is 2.17. The Balaban J connectivity index is 2.71. The number of anilines is 1. The molecule has 6 heteroatoms. The lowest BCUT2D eigenvalue weighted by Crippen LogP contribution is -2.33. The molecular weight excluding hydrogens is 248 g/mol. The van der Waals surface area contributed by atoms with Gasteiger partial charge < -0.3 is 20.9 Å². The molecule has 0 saturated carbocycles. The molecule has 1 aromatic rings. The van der Waals surface area contributed by atoms with Crippen molar-refractivity contribution < 1.29 is 19.4 Å². The second-order valence-corrected chi connectivity index (χ2v) is 4.11. The van der Waals surface area contributed by atoms with Crippen LogP contribution in [0.5, 0.6) is 5.75 Å². The molecule has 0 bridgehead atoms. The van der Waals surface area contributed by atoms with E-state index in [0.29, 0.717) is 23.4 Å². The van der Waals surface area contributed by atoms with Gasteiger partial charge in [0.15, 0.2) is 0 Å². The van der Waals surface area contributed by atoms with Crippen LogP contribution in [0.3, 0.4) is 0 Å². The minimum absolute atomic E-state index is 0.0795. The van der Waals surface area contributed by atoms with Crippen molar-refractivity contribution in [2.24, 2.45) is 5.92 Å². The maximum absolute atomic E-state index is 11.9. The van der Waals surface area contributed by atoms with Crippen LogP contribution in [-0.2, 0) is 4.79 Å². The molecular formula is C13H18N2O4. The number of nitrogen functional groups attached to an aromatic ring is 1. The lowest BCUT2D eigenvalue weighted by atomic mass is 10.1.